The van der Waals surface area contributed by atoms with Crippen molar-refractivity contribution in [1.29, 1.82) is 0 Å². The third-order valence-corrected chi connectivity index (χ3v) is 4.09. The van der Waals surface area contributed by atoms with Gasteiger partial charge in [0, 0.05) is 19.2 Å². The van der Waals surface area contributed by atoms with Crippen molar-refractivity contribution in [3.05, 3.63) is 28.8 Å². The standard InChI is InChI=1S/C16H23NO3/c1-10-7-12(17)8-15(11(10)2)16(18)20-14-6-4-5-13(9-14)19-3/h7-8,13-14H,4-6,9,17H2,1-3H3. The summed E-state index contributed by atoms with van der Waals surface area (Å²) in [6, 6.07) is 3.56. The summed E-state index contributed by atoms with van der Waals surface area (Å²) in [5.41, 5.74) is 8.93. The molecule has 2 N–H and O–H groups in total. The van der Waals surface area contributed by atoms with Crippen LogP contribution in [-0.2, 0) is 9.47 Å². The topological polar surface area (TPSA) is 61.5 Å². The number of carbonyl (C=O) groups excluding carboxylic acids is 1. The van der Waals surface area contributed by atoms with Gasteiger partial charge in [-0.2, -0.15) is 0 Å². The molecule has 4 nitrogen and oxygen atoms in total. The van der Waals surface area contributed by atoms with Crippen molar-refractivity contribution in [2.24, 2.45) is 0 Å². The molecule has 1 aromatic rings. The maximum absolute atomic E-state index is 12.3. The number of methoxy groups -OCH3 is 1. The van der Waals surface area contributed by atoms with Crippen LogP contribution in [0.3, 0.4) is 0 Å². The van der Waals surface area contributed by atoms with Gasteiger partial charge in [0.25, 0.3) is 0 Å². The van der Waals surface area contributed by atoms with Crippen LogP contribution in [0.1, 0.15) is 47.2 Å². The molecular formula is C16H23NO3. The van der Waals surface area contributed by atoms with E-state index in [1.165, 1.54) is 0 Å². The van der Waals surface area contributed by atoms with Crippen LogP contribution in [0, 0.1) is 13.8 Å². The lowest BCUT2D eigenvalue weighted by Gasteiger charge is -2.28. The Balaban J connectivity index is 2.08. The monoisotopic (exact) mass is 277 g/mol. The highest BCUT2D eigenvalue weighted by molar-refractivity contribution is 5.92. The lowest BCUT2D eigenvalue weighted by Crippen LogP contribution is -2.29. The van der Waals surface area contributed by atoms with Crippen LogP contribution in [0.15, 0.2) is 12.1 Å². The van der Waals surface area contributed by atoms with E-state index < -0.39 is 0 Å². The van der Waals surface area contributed by atoms with E-state index >= 15 is 0 Å². The Labute approximate surface area is 120 Å². The van der Waals surface area contributed by atoms with Crippen molar-refractivity contribution in [2.45, 2.75) is 51.7 Å². The van der Waals surface area contributed by atoms with Crippen LogP contribution < -0.4 is 5.73 Å². The zero-order valence-corrected chi connectivity index (χ0v) is 12.4. The number of carbonyl (C=O) groups is 1. The van der Waals surface area contributed by atoms with Crippen LogP contribution in [0.2, 0.25) is 0 Å². The van der Waals surface area contributed by atoms with Gasteiger partial charge in [-0.1, -0.05) is 0 Å². The molecule has 1 aromatic carbocycles. The Kier molecular flexibility index (Phi) is 4.65. The molecule has 0 aromatic heterocycles. The van der Waals surface area contributed by atoms with Crippen molar-refractivity contribution in [1.82, 2.24) is 0 Å². The maximum Gasteiger partial charge on any atom is 0.338 e. The number of aryl methyl sites for hydroxylation is 1. The van der Waals surface area contributed by atoms with E-state index in [1.807, 2.05) is 19.9 Å². The minimum Gasteiger partial charge on any atom is -0.459 e. The van der Waals surface area contributed by atoms with Gasteiger partial charge in [-0.15, -0.1) is 0 Å². The van der Waals surface area contributed by atoms with E-state index in [9.17, 15) is 4.79 Å². The first-order chi connectivity index (χ1) is 9.51. The first kappa shape index (κ1) is 14.9. The number of ether oxygens (including phenoxy) is 2. The molecule has 0 spiro atoms. The minimum absolute atomic E-state index is 0.0534. The first-order valence-electron chi connectivity index (χ1n) is 7.11. The van der Waals surface area contributed by atoms with Gasteiger partial charge in [0.1, 0.15) is 6.10 Å². The third kappa shape index (κ3) is 3.31. The second kappa shape index (κ2) is 6.27. The Hall–Kier alpha value is -1.55. The number of rotatable bonds is 3. The number of hydrogen-bond acceptors (Lipinski definition) is 4. The Bertz CT molecular complexity index is 499. The Morgan fingerprint density at radius 1 is 1.25 bits per heavy atom. The lowest BCUT2D eigenvalue weighted by atomic mass is 9.94. The molecule has 1 aliphatic carbocycles. The minimum atomic E-state index is -0.278. The van der Waals surface area contributed by atoms with Crippen molar-refractivity contribution >= 4 is 11.7 Å². The third-order valence-electron chi connectivity index (χ3n) is 4.09. The molecule has 0 radical (unpaired) electrons. The number of esters is 1. The van der Waals surface area contributed by atoms with Gasteiger partial charge in [0.15, 0.2) is 0 Å². The molecule has 2 unspecified atom stereocenters. The van der Waals surface area contributed by atoms with Crippen molar-refractivity contribution in [3.63, 3.8) is 0 Å². The molecule has 20 heavy (non-hydrogen) atoms. The molecule has 1 aliphatic rings. The predicted octanol–water partition coefficient (Wildman–Crippen LogP) is 3.00. The van der Waals surface area contributed by atoms with E-state index in [4.69, 9.17) is 15.2 Å². The van der Waals surface area contributed by atoms with E-state index in [0.717, 1.165) is 36.8 Å². The van der Waals surface area contributed by atoms with Gasteiger partial charge in [0.05, 0.1) is 11.7 Å². The molecule has 2 atom stereocenters. The molecular weight excluding hydrogens is 254 g/mol. The Morgan fingerprint density at radius 3 is 2.65 bits per heavy atom. The maximum atomic E-state index is 12.3. The summed E-state index contributed by atoms with van der Waals surface area (Å²) in [7, 11) is 1.71. The summed E-state index contributed by atoms with van der Waals surface area (Å²) in [4.78, 5) is 12.3. The summed E-state index contributed by atoms with van der Waals surface area (Å²) >= 11 is 0. The van der Waals surface area contributed by atoms with Crippen molar-refractivity contribution in [3.8, 4) is 0 Å². The molecule has 110 valence electrons. The fraction of sp³-hybridized carbons (Fsp3) is 0.562. The van der Waals surface area contributed by atoms with Crippen LogP contribution >= 0.6 is 0 Å². The van der Waals surface area contributed by atoms with E-state index in [-0.39, 0.29) is 18.2 Å². The number of hydrogen-bond donors (Lipinski definition) is 1. The SMILES string of the molecule is COC1CCCC(OC(=O)c2cc(N)cc(C)c2C)C1. The number of nitrogens with two attached hydrogens (primary N) is 1. The zero-order chi connectivity index (χ0) is 14.7. The average Bonchev–Trinajstić information content (AvgIpc) is 2.43. The summed E-state index contributed by atoms with van der Waals surface area (Å²) in [6.07, 6.45) is 3.91. The van der Waals surface area contributed by atoms with Crippen LogP contribution in [0.5, 0.6) is 0 Å². The summed E-state index contributed by atoms with van der Waals surface area (Å²) in [5, 5.41) is 0. The summed E-state index contributed by atoms with van der Waals surface area (Å²) < 4.78 is 11.0. The molecule has 0 bridgehead atoms. The highest BCUT2D eigenvalue weighted by Crippen LogP contribution is 2.25. The molecule has 0 saturated heterocycles. The van der Waals surface area contributed by atoms with Gasteiger partial charge >= 0.3 is 5.97 Å². The number of benzene rings is 1. The normalized spacial score (nSPS) is 22.6. The molecule has 0 heterocycles. The molecule has 4 heteroatoms. The average molecular weight is 277 g/mol. The summed E-state index contributed by atoms with van der Waals surface area (Å²) in [6.45, 7) is 3.87. The second-order valence-corrected chi connectivity index (χ2v) is 5.56. The second-order valence-electron chi connectivity index (χ2n) is 5.56. The van der Waals surface area contributed by atoms with Gasteiger partial charge < -0.3 is 15.2 Å². The predicted molar refractivity (Wildman–Crippen MR) is 78.8 cm³/mol. The highest BCUT2D eigenvalue weighted by Gasteiger charge is 2.25. The molecule has 0 aliphatic heterocycles. The van der Waals surface area contributed by atoms with Gasteiger partial charge in [-0.05, 0) is 56.4 Å². The highest BCUT2D eigenvalue weighted by atomic mass is 16.5. The molecule has 1 fully saturated rings. The Morgan fingerprint density at radius 2 is 1.95 bits per heavy atom. The molecule has 0 amide bonds. The zero-order valence-electron chi connectivity index (χ0n) is 12.4. The summed E-state index contributed by atoms with van der Waals surface area (Å²) in [5.74, 6) is -0.278. The quantitative estimate of drug-likeness (QED) is 0.681. The fourth-order valence-electron chi connectivity index (χ4n) is 2.74. The van der Waals surface area contributed by atoms with E-state index in [1.54, 1.807) is 13.2 Å². The van der Waals surface area contributed by atoms with Crippen molar-refractivity contribution < 1.29 is 14.3 Å². The van der Waals surface area contributed by atoms with E-state index in [0.29, 0.717) is 11.3 Å². The van der Waals surface area contributed by atoms with Gasteiger partial charge in [0.2, 0.25) is 0 Å². The fourth-order valence-corrected chi connectivity index (χ4v) is 2.74. The molecule has 1 saturated carbocycles. The van der Waals surface area contributed by atoms with Crippen LogP contribution in [0.4, 0.5) is 5.69 Å². The van der Waals surface area contributed by atoms with Crippen LogP contribution in [-0.4, -0.2) is 25.3 Å². The van der Waals surface area contributed by atoms with Crippen molar-refractivity contribution in [2.75, 3.05) is 12.8 Å². The number of anilines is 1. The van der Waals surface area contributed by atoms with Gasteiger partial charge in [-0.25, -0.2) is 4.79 Å². The molecule has 2 rings (SSSR count). The lowest BCUT2D eigenvalue weighted by molar-refractivity contribution is -0.0149. The largest absolute Gasteiger partial charge is 0.459 e. The van der Waals surface area contributed by atoms with Gasteiger partial charge in [-0.3, -0.25) is 0 Å². The smallest absolute Gasteiger partial charge is 0.338 e. The first-order valence-corrected chi connectivity index (χ1v) is 7.11. The van der Waals surface area contributed by atoms with E-state index in [2.05, 4.69) is 0 Å². The van der Waals surface area contributed by atoms with Crippen LogP contribution in [0.25, 0.3) is 0 Å². The number of nitrogen functional groups attached to an aromatic ring is 1.